The summed E-state index contributed by atoms with van der Waals surface area (Å²) in [7, 11) is 1.29. The average Bonchev–Trinajstić information content (AvgIpc) is 3.36. The van der Waals surface area contributed by atoms with E-state index in [0.29, 0.717) is 13.0 Å². The number of hydrogen-bond acceptors (Lipinski definition) is 5. The number of hydrogen-bond donors (Lipinski definition) is 1. The van der Waals surface area contributed by atoms with E-state index in [2.05, 4.69) is 4.98 Å². The number of aromatic nitrogens is 2. The molecule has 2 aromatic carbocycles. The number of rotatable bonds is 4. The molecule has 7 nitrogen and oxygen atoms in total. The molecule has 0 saturated carbocycles. The Bertz CT molecular complexity index is 1250. The van der Waals surface area contributed by atoms with E-state index in [-0.39, 0.29) is 41.0 Å². The summed E-state index contributed by atoms with van der Waals surface area (Å²) in [5, 5.41) is 8.97. The van der Waals surface area contributed by atoms with E-state index in [1.807, 2.05) is 0 Å². The first-order chi connectivity index (χ1) is 15.3. The second-order valence-electron chi connectivity index (χ2n) is 7.34. The van der Waals surface area contributed by atoms with Crippen LogP contribution in [0.4, 0.5) is 13.2 Å². The number of carbonyl (C=O) groups excluding carboxylic acids is 1. The third-order valence-corrected chi connectivity index (χ3v) is 5.28. The Balaban J connectivity index is 1.89. The molecule has 2 heterocycles. The van der Waals surface area contributed by atoms with E-state index in [1.165, 1.54) is 36.3 Å². The number of nitrogens with zero attached hydrogens (tertiary/aromatic N) is 4. The summed E-state index contributed by atoms with van der Waals surface area (Å²) < 4.78 is 50.0. The Morgan fingerprint density at radius 3 is 2.59 bits per heavy atom. The first-order valence-electron chi connectivity index (χ1n) is 9.71. The van der Waals surface area contributed by atoms with Crippen molar-refractivity contribution in [1.82, 2.24) is 14.5 Å². The van der Waals surface area contributed by atoms with Gasteiger partial charge in [0.25, 0.3) is 5.91 Å². The van der Waals surface area contributed by atoms with Gasteiger partial charge in [-0.1, -0.05) is 0 Å². The molecule has 0 aliphatic carbocycles. The largest absolute Gasteiger partial charge is 0.494 e. The van der Waals surface area contributed by atoms with Crippen LogP contribution in [0.3, 0.4) is 0 Å². The van der Waals surface area contributed by atoms with E-state index in [4.69, 9.17) is 15.7 Å². The normalized spacial score (nSPS) is 15.6. The first-order valence-corrected chi connectivity index (χ1v) is 9.71. The van der Waals surface area contributed by atoms with Crippen molar-refractivity contribution in [3.05, 3.63) is 65.2 Å². The molecule has 1 atom stereocenters. The predicted molar refractivity (Wildman–Crippen MR) is 109 cm³/mol. The smallest absolute Gasteiger partial charge is 0.277 e. The van der Waals surface area contributed by atoms with Crippen LogP contribution in [0.1, 0.15) is 22.5 Å². The molecular formula is C22H18F3N5O2. The van der Waals surface area contributed by atoms with Crippen LogP contribution >= 0.6 is 0 Å². The van der Waals surface area contributed by atoms with Crippen molar-refractivity contribution < 1.29 is 22.7 Å². The Hall–Kier alpha value is -3.84. The van der Waals surface area contributed by atoms with Crippen LogP contribution < -0.4 is 10.5 Å². The molecule has 0 unspecified atom stereocenters. The molecule has 1 aromatic heterocycles. The Labute approximate surface area is 181 Å². The highest BCUT2D eigenvalue weighted by atomic mass is 19.1. The van der Waals surface area contributed by atoms with Crippen molar-refractivity contribution in [1.29, 1.82) is 5.26 Å². The van der Waals surface area contributed by atoms with E-state index < -0.39 is 29.2 Å². The predicted octanol–water partition coefficient (Wildman–Crippen LogP) is 3.01. The van der Waals surface area contributed by atoms with Gasteiger partial charge in [-0.15, -0.1) is 0 Å². The minimum Gasteiger partial charge on any atom is -0.494 e. The minimum atomic E-state index is -1.03. The third kappa shape index (κ3) is 3.67. The third-order valence-electron chi connectivity index (χ3n) is 5.28. The molecule has 4 rings (SSSR count). The SMILES string of the molecule is COc1ccc(-n2c(-c3ccc(C#N)c(F)c3)nc(C(=O)N3CC[C@H](N)C3)c2F)cc1F. The van der Waals surface area contributed by atoms with Crippen molar-refractivity contribution in [3.8, 4) is 28.9 Å². The molecule has 10 heteroatoms. The second kappa shape index (κ2) is 8.36. The number of nitrogens with two attached hydrogens (primary N) is 1. The molecule has 0 bridgehead atoms. The van der Waals surface area contributed by atoms with Gasteiger partial charge in [0, 0.05) is 30.8 Å². The number of nitriles is 1. The van der Waals surface area contributed by atoms with Gasteiger partial charge < -0.3 is 15.4 Å². The van der Waals surface area contributed by atoms with Crippen LogP contribution in [0.25, 0.3) is 17.1 Å². The summed E-state index contributed by atoms with van der Waals surface area (Å²) in [6.45, 7) is 0.605. The van der Waals surface area contributed by atoms with Gasteiger partial charge in [-0.3, -0.25) is 9.36 Å². The Morgan fingerprint density at radius 2 is 2.00 bits per heavy atom. The monoisotopic (exact) mass is 441 g/mol. The molecule has 3 aromatic rings. The summed E-state index contributed by atoms with van der Waals surface area (Å²) in [5.41, 5.74) is 5.28. The van der Waals surface area contributed by atoms with E-state index in [9.17, 15) is 13.6 Å². The summed E-state index contributed by atoms with van der Waals surface area (Å²) in [4.78, 5) is 18.5. The van der Waals surface area contributed by atoms with Gasteiger partial charge in [0.1, 0.15) is 17.7 Å². The lowest BCUT2D eigenvalue weighted by atomic mass is 10.1. The van der Waals surface area contributed by atoms with Gasteiger partial charge in [-0.2, -0.15) is 9.65 Å². The van der Waals surface area contributed by atoms with Crippen molar-refractivity contribution in [2.45, 2.75) is 12.5 Å². The molecule has 0 spiro atoms. The lowest BCUT2D eigenvalue weighted by molar-refractivity contribution is 0.0780. The van der Waals surface area contributed by atoms with Crippen LogP contribution in [-0.2, 0) is 0 Å². The maximum Gasteiger partial charge on any atom is 0.277 e. The van der Waals surface area contributed by atoms with E-state index in [0.717, 1.165) is 16.7 Å². The van der Waals surface area contributed by atoms with Gasteiger partial charge in [-0.25, -0.2) is 13.8 Å². The molecule has 0 radical (unpaired) electrons. The maximum atomic E-state index is 15.5. The van der Waals surface area contributed by atoms with Crippen LogP contribution in [0.5, 0.6) is 5.75 Å². The van der Waals surface area contributed by atoms with E-state index >= 15 is 4.39 Å². The quantitative estimate of drug-likeness (QED) is 0.671. The molecule has 2 N–H and O–H groups in total. The number of halogens is 3. The maximum absolute atomic E-state index is 15.5. The molecule has 1 aliphatic heterocycles. The second-order valence-corrected chi connectivity index (χ2v) is 7.34. The van der Waals surface area contributed by atoms with Gasteiger partial charge in [-0.05, 0) is 36.8 Å². The summed E-state index contributed by atoms with van der Waals surface area (Å²) >= 11 is 0. The molecular weight excluding hydrogens is 423 g/mol. The lowest BCUT2D eigenvalue weighted by Gasteiger charge is -2.14. The topological polar surface area (TPSA) is 97.2 Å². The fourth-order valence-corrected chi connectivity index (χ4v) is 3.63. The number of amides is 1. The highest BCUT2D eigenvalue weighted by Gasteiger charge is 2.31. The molecule has 1 saturated heterocycles. The van der Waals surface area contributed by atoms with Crippen LogP contribution in [0, 0.1) is 28.9 Å². The van der Waals surface area contributed by atoms with Crippen molar-refractivity contribution in [2.24, 2.45) is 5.73 Å². The van der Waals surface area contributed by atoms with Crippen LogP contribution in [-0.4, -0.2) is 46.6 Å². The number of benzene rings is 2. The first kappa shape index (κ1) is 21.4. The molecule has 164 valence electrons. The minimum absolute atomic E-state index is 0.0187. The van der Waals surface area contributed by atoms with Gasteiger partial charge in [0.15, 0.2) is 17.3 Å². The number of methoxy groups -OCH3 is 1. The standard InChI is InChI=1S/C22H18F3N5O2/c1-32-18-5-4-15(9-17(18)24)30-20(25)19(22(31)29-7-6-14(27)11-29)28-21(30)12-2-3-13(10-26)16(23)8-12/h2-5,8-9,14H,6-7,11,27H2,1H3/t14-/m0/s1. The zero-order valence-electron chi connectivity index (χ0n) is 17.0. The zero-order valence-corrected chi connectivity index (χ0v) is 17.0. The summed E-state index contributed by atoms with van der Waals surface area (Å²) in [5.74, 6) is -3.46. The zero-order chi connectivity index (χ0) is 23.0. The van der Waals surface area contributed by atoms with Crippen molar-refractivity contribution >= 4 is 5.91 Å². The fraction of sp³-hybridized carbons (Fsp3) is 0.227. The average molecular weight is 441 g/mol. The highest BCUT2D eigenvalue weighted by Crippen LogP contribution is 2.30. The summed E-state index contributed by atoms with van der Waals surface area (Å²) in [6.07, 6.45) is 0.575. The molecule has 1 fully saturated rings. The number of likely N-dealkylation sites (tertiary alicyclic amines) is 1. The Morgan fingerprint density at radius 1 is 1.22 bits per heavy atom. The van der Waals surface area contributed by atoms with Crippen LogP contribution in [0.15, 0.2) is 36.4 Å². The molecule has 32 heavy (non-hydrogen) atoms. The highest BCUT2D eigenvalue weighted by molar-refractivity contribution is 5.93. The van der Waals surface area contributed by atoms with Gasteiger partial charge >= 0.3 is 0 Å². The molecule has 1 aliphatic rings. The lowest BCUT2D eigenvalue weighted by Crippen LogP contribution is -2.32. The molecule has 1 amide bonds. The van der Waals surface area contributed by atoms with Gasteiger partial charge in [0.2, 0.25) is 5.95 Å². The Kier molecular flexibility index (Phi) is 5.59. The van der Waals surface area contributed by atoms with Crippen LogP contribution in [0.2, 0.25) is 0 Å². The van der Waals surface area contributed by atoms with E-state index in [1.54, 1.807) is 6.07 Å². The summed E-state index contributed by atoms with van der Waals surface area (Å²) in [6, 6.07) is 8.80. The van der Waals surface area contributed by atoms with Crippen molar-refractivity contribution in [2.75, 3.05) is 20.2 Å². The van der Waals surface area contributed by atoms with Crippen molar-refractivity contribution in [3.63, 3.8) is 0 Å². The number of imidazole rings is 1. The van der Waals surface area contributed by atoms with Gasteiger partial charge in [0.05, 0.1) is 18.4 Å². The fourth-order valence-electron chi connectivity index (χ4n) is 3.63. The number of carbonyl (C=O) groups is 1. The number of ether oxygens (including phenoxy) is 1.